The van der Waals surface area contributed by atoms with Crippen molar-refractivity contribution in [3.63, 3.8) is 0 Å². The van der Waals surface area contributed by atoms with Crippen LogP contribution in [-0.4, -0.2) is 23.8 Å². The third-order valence-corrected chi connectivity index (χ3v) is 4.26. The molecular formula is C13H19NOS. The smallest absolute Gasteiger partial charge is 0.169 e. The lowest BCUT2D eigenvalue weighted by Crippen LogP contribution is -2.23. The average Bonchev–Trinajstić information content (AvgIpc) is 2.56. The van der Waals surface area contributed by atoms with Crippen molar-refractivity contribution in [3.05, 3.63) is 21.9 Å². The van der Waals surface area contributed by atoms with Crippen LogP contribution < -0.4 is 0 Å². The minimum absolute atomic E-state index is 0.187. The van der Waals surface area contributed by atoms with Gasteiger partial charge in [-0.15, -0.1) is 11.3 Å². The number of rotatable bonds is 3. The highest BCUT2D eigenvalue weighted by molar-refractivity contribution is 7.14. The second-order valence-corrected chi connectivity index (χ2v) is 5.68. The van der Waals surface area contributed by atoms with Crippen LogP contribution in [-0.2, 0) is 6.54 Å². The van der Waals surface area contributed by atoms with Crippen molar-refractivity contribution in [3.8, 4) is 0 Å². The van der Waals surface area contributed by atoms with Crippen molar-refractivity contribution in [1.29, 1.82) is 0 Å². The van der Waals surface area contributed by atoms with Gasteiger partial charge in [0.15, 0.2) is 5.78 Å². The monoisotopic (exact) mass is 237 g/mol. The molecule has 0 amide bonds. The van der Waals surface area contributed by atoms with Gasteiger partial charge in [0.25, 0.3) is 0 Å². The first-order valence-corrected chi connectivity index (χ1v) is 6.89. The molecule has 0 aromatic carbocycles. The van der Waals surface area contributed by atoms with Crippen LogP contribution in [0.5, 0.6) is 0 Å². The van der Waals surface area contributed by atoms with E-state index in [9.17, 15) is 4.79 Å². The van der Waals surface area contributed by atoms with Gasteiger partial charge in [-0.1, -0.05) is 12.8 Å². The van der Waals surface area contributed by atoms with Crippen molar-refractivity contribution in [2.45, 2.75) is 39.2 Å². The van der Waals surface area contributed by atoms with E-state index in [4.69, 9.17) is 0 Å². The highest BCUT2D eigenvalue weighted by atomic mass is 32.1. The van der Waals surface area contributed by atoms with Crippen LogP contribution in [0.3, 0.4) is 0 Å². The molecule has 0 bridgehead atoms. The maximum atomic E-state index is 11.2. The second kappa shape index (κ2) is 5.60. The van der Waals surface area contributed by atoms with Crippen LogP contribution in [0.4, 0.5) is 0 Å². The predicted octanol–water partition coefficient (Wildman–Crippen LogP) is 3.33. The molecule has 2 rings (SSSR count). The lowest BCUT2D eigenvalue weighted by atomic mass is 10.2. The van der Waals surface area contributed by atoms with Gasteiger partial charge in [0, 0.05) is 11.4 Å². The fourth-order valence-corrected chi connectivity index (χ4v) is 3.11. The summed E-state index contributed by atoms with van der Waals surface area (Å²) in [6, 6.07) is 4.06. The number of carbonyl (C=O) groups is 1. The zero-order chi connectivity index (χ0) is 11.4. The van der Waals surface area contributed by atoms with Crippen LogP contribution >= 0.6 is 11.3 Å². The quantitative estimate of drug-likeness (QED) is 0.752. The SMILES string of the molecule is CC(=O)c1ccc(CN2CCCCCC2)s1. The Labute approximate surface area is 101 Å². The highest BCUT2D eigenvalue weighted by Crippen LogP contribution is 2.20. The van der Waals surface area contributed by atoms with Gasteiger partial charge in [0.05, 0.1) is 4.88 Å². The van der Waals surface area contributed by atoms with E-state index in [-0.39, 0.29) is 5.78 Å². The summed E-state index contributed by atoms with van der Waals surface area (Å²) in [5.41, 5.74) is 0. The third-order valence-electron chi connectivity index (χ3n) is 3.09. The van der Waals surface area contributed by atoms with Gasteiger partial charge >= 0.3 is 0 Å². The number of hydrogen-bond donors (Lipinski definition) is 0. The molecule has 0 atom stereocenters. The Morgan fingerprint density at radius 2 is 1.94 bits per heavy atom. The standard InChI is InChI=1S/C13H19NOS/c1-11(15)13-7-6-12(16-13)10-14-8-4-2-3-5-9-14/h6-7H,2-5,8-10H2,1H3. The van der Waals surface area contributed by atoms with Crippen molar-refractivity contribution >= 4 is 17.1 Å². The number of nitrogens with zero attached hydrogens (tertiary/aromatic N) is 1. The molecule has 0 saturated carbocycles. The number of thiophene rings is 1. The molecule has 0 unspecified atom stereocenters. The summed E-state index contributed by atoms with van der Waals surface area (Å²) in [5, 5.41) is 0. The largest absolute Gasteiger partial charge is 0.298 e. The Morgan fingerprint density at radius 1 is 1.25 bits per heavy atom. The van der Waals surface area contributed by atoms with E-state index in [1.54, 1.807) is 18.3 Å². The van der Waals surface area contributed by atoms with Crippen molar-refractivity contribution in [2.75, 3.05) is 13.1 Å². The molecule has 3 heteroatoms. The van der Waals surface area contributed by atoms with E-state index >= 15 is 0 Å². The van der Waals surface area contributed by atoms with Gasteiger partial charge in [0.2, 0.25) is 0 Å². The van der Waals surface area contributed by atoms with Crippen molar-refractivity contribution in [2.24, 2.45) is 0 Å². The van der Waals surface area contributed by atoms with Gasteiger partial charge in [-0.05, 0) is 45.0 Å². The molecule has 0 N–H and O–H groups in total. The summed E-state index contributed by atoms with van der Waals surface area (Å²) in [7, 11) is 0. The van der Waals surface area contributed by atoms with Crippen molar-refractivity contribution in [1.82, 2.24) is 4.90 Å². The summed E-state index contributed by atoms with van der Waals surface area (Å²) in [5.74, 6) is 0.187. The second-order valence-electron chi connectivity index (χ2n) is 4.51. The Balaban J connectivity index is 1.94. The highest BCUT2D eigenvalue weighted by Gasteiger charge is 2.11. The van der Waals surface area contributed by atoms with Gasteiger partial charge < -0.3 is 0 Å². The van der Waals surface area contributed by atoms with Gasteiger partial charge in [-0.25, -0.2) is 0 Å². The number of ketones is 1. The first-order chi connectivity index (χ1) is 7.75. The molecule has 88 valence electrons. The molecule has 1 fully saturated rings. The maximum absolute atomic E-state index is 11.2. The van der Waals surface area contributed by atoms with Crippen LogP contribution in [0.1, 0.15) is 47.2 Å². The molecule has 1 aliphatic rings. The minimum atomic E-state index is 0.187. The van der Waals surface area contributed by atoms with Crippen LogP contribution in [0.15, 0.2) is 12.1 Å². The molecule has 1 aliphatic heterocycles. The average molecular weight is 237 g/mol. The Bertz CT molecular complexity index is 351. The molecule has 2 heterocycles. The summed E-state index contributed by atoms with van der Waals surface area (Å²) in [6.07, 6.45) is 5.40. The lowest BCUT2D eigenvalue weighted by molar-refractivity contribution is 0.102. The van der Waals surface area contributed by atoms with E-state index < -0.39 is 0 Å². The van der Waals surface area contributed by atoms with Gasteiger partial charge in [0.1, 0.15) is 0 Å². The van der Waals surface area contributed by atoms with Crippen LogP contribution in [0.25, 0.3) is 0 Å². The fourth-order valence-electron chi connectivity index (χ4n) is 2.17. The van der Waals surface area contributed by atoms with Crippen LogP contribution in [0.2, 0.25) is 0 Å². The molecular weight excluding hydrogens is 218 g/mol. The van der Waals surface area contributed by atoms with Gasteiger partial charge in [-0.2, -0.15) is 0 Å². The number of hydrogen-bond acceptors (Lipinski definition) is 3. The molecule has 0 spiro atoms. The molecule has 2 nitrogen and oxygen atoms in total. The zero-order valence-electron chi connectivity index (χ0n) is 9.87. The summed E-state index contributed by atoms with van der Waals surface area (Å²) in [6.45, 7) is 5.10. The normalized spacial score (nSPS) is 18.3. The molecule has 16 heavy (non-hydrogen) atoms. The topological polar surface area (TPSA) is 20.3 Å². The first-order valence-electron chi connectivity index (χ1n) is 6.08. The third kappa shape index (κ3) is 3.16. The van der Waals surface area contributed by atoms with E-state index in [0.717, 1.165) is 11.4 Å². The molecule has 0 radical (unpaired) electrons. The van der Waals surface area contributed by atoms with Crippen molar-refractivity contribution < 1.29 is 4.79 Å². The Hall–Kier alpha value is -0.670. The van der Waals surface area contributed by atoms with Gasteiger partial charge in [-0.3, -0.25) is 9.69 Å². The predicted molar refractivity (Wildman–Crippen MR) is 68.1 cm³/mol. The van der Waals surface area contributed by atoms with E-state index in [1.165, 1.54) is 43.6 Å². The number of likely N-dealkylation sites (tertiary alicyclic amines) is 1. The number of Topliss-reactive ketones (excluding diaryl/α,β-unsaturated/α-hetero) is 1. The maximum Gasteiger partial charge on any atom is 0.169 e. The zero-order valence-corrected chi connectivity index (χ0v) is 10.7. The Morgan fingerprint density at radius 3 is 2.50 bits per heavy atom. The summed E-state index contributed by atoms with van der Waals surface area (Å²) < 4.78 is 0. The fraction of sp³-hybridized carbons (Fsp3) is 0.615. The molecule has 1 saturated heterocycles. The van der Waals surface area contributed by atoms with E-state index in [0.29, 0.717) is 0 Å². The molecule has 0 aliphatic carbocycles. The first kappa shape index (κ1) is 11.8. The minimum Gasteiger partial charge on any atom is -0.298 e. The lowest BCUT2D eigenvalue weighted by Gasteiger charge is -2.18. The molecule has 1 aromatic heterocycles. The summed E-state index contributed by atoms with van der Waals surface area (Å²) >= 11 is 1.65. The molecule has 1 aromatic rings. The van der Waals surface area contributed by atoms with E-state index in [1.807, 2.05) is 6.07 Å². The Kier molecular flexibility index (Phi) is 4.13. The number of carbonyl (C=O) groups excluding carboxylic acids is 1. The summed E-state index contributed by atoms with van der Waals surface area (Å²) in [4.78, 5) is 15.9. The van der Waals surface area contributed by atoms with Crippen LogP contribution in [0, 0.1) is 0 Å². The van der Waals surface area contributed by atoms with E-state index in [2.05, 4.69) is 11.0 Å².